The summed E-state index contributed by atoms with van der Waals surface area (Å²) in [6, 6.07) is 6.72. The van der Waals surface area contributed by atoms with E-state index in [0.29, 0.717) is 5.41 Å². The minimum atomic E-state index is 0. The van der Waals surface area contributed by atoms with Gasteiger partial charge in [-0.1, -0.05) is 35.8 Å². The maximum absolute atomic E-state index is 6.38. The van der Waals surface area contributed by atoms with Crippen molar-refractivity contribution in [2.75, 3.05) is 0 Å². The van der Waals surface area contributed by atoms with Crippen LogP contribution in [0.15, 0.2) is 22.7 Å². The quantitative estimate of drug-likeness (QED) is 0.869. The Balaban J connectivity index is 0.00000128. The highest BCUT2D eigenvalue weighted by atomic mass is 79.9. The minimum Gasteiger partial charge on any atom is -0.323 e. The van der Waals surface area contributed by atoms with Gasteiger partial charge in [0.05, 0.1) is 0 Å². The molecule has 0 amide bonds. The van der Waals surface area contributed by atoms with Gasteiger partial charge in [0.15, 0.2) is 0 Å². The van der Waals surface area contributed by atoms with E-state index < -0.39 is 0 Å². The molecule has 3 heteroatoms. The molecule has 1 aromatic carbocycles. The van der Waals surface area contributed by atoms with Crippen LogP contribution < -0.4 is 5.73 Å². The third-order valence-corrected chi connectivity index (χ3v) is 4.54. The Hall–Kier alpha value is -0.0500. The monoisotopic (exact) mass is 303 g/mol. The van der Waals surface area contributed by atoms with Crippen molar-refractivity contribution in [3.63, 3.8) is 0 Å². The molecule has 0 fully saturated rings. The summed E-state index contributed by atoms with van der Waals surface area (Å²) in [4.78, 5) is 0. The van der Waals surface area contributed by atoms with Crippen molar-refractivity contribution in [3.8, 4) is 0 Å². The first-order valence-corrected chi connectivity index (χ1v) is 6.46. The summed E-state index contributed by atoms with van der Waals surface area (Å²) < 4.78 is 1.16. The van der Waals surface area contributed by atoms with Crippen LogP contribution in [0.4, 0.5) is 0 Å². The normalized spacial score (nSPS) is 21.4. The molecular weight excluding hydrogens is 286 g/mol. The Morgan fingerprint density at radius 3 is 2.56 bits per heavy atom. The molecule has 0 spiro atoms. The second kappa shape index (κ2) is 5.07. The van der Waals surface area contributed by atoms with Crippen LogP contribution in [0.3, 0.4) is 0 Å². The van der Waals surface area contributed by atoms with Gasteiger partial charge in [0.25, 0.3) is 0 Å². The summed E-state index contributed by atoms with van der Waals surface area (Å²) >= 11 is 3.53. The molecule has 1 aliphatic rings. The second-order valence-electron chi connectivity index (χ2n) is 4.57. The number of halogens is 2. The fourth-order valence-electron chi connectivity index (χ4n) is 2.79. The Bertz CT molecular complexity index is 374. The SMILES string of the molecule is CCC1(CC)Cc2cc(Br)ccc2C1N.Cl. The van der Waals surface area contributed by atoms with Gasteiger partial charge in [0, 0.05) is 10.5 Å². The van der Waals surface area contributed by atoms with Crippen LogP contribution in [0.2, 0.25) is 0 Å². The van der Waals surface area contributed by atoms with Crippen LogP contribution in [0, 0.1) is 5.41 Å². The van der Waals surface area contributed by atoms with Crippen LogP contribution >= 0.6 is 28.3 Å². The van der Waals surface area contributed by atoms with Crippen molar-refractivity contribution >= 4 is 28.3 Å². The van der Waals surface area contributed by atoms with Gasteiger partial charge in [-0.25, -0.2) is 0 Å². The zero-order valence-electron chi connectivity index (χ0n) is 9.79. The van der Waals surface area contributed by atoms with Crippen LogP contribution in [0.25, 0.3) is 0 Å². The van der Waals surface area contributed by atoms with Crippen molar-refractivity contribution in [2.45, 2.75) is 39.2 Å². The van der Waals surface area contributed by atoms with Gasteiger partial charge in [-0.2, -0.15) is 0 Å². The van der Waals surface area contributed by atoms with E-state index >= 15 is 0 Å². The fraction of sp³-hybridized carbons (Fsp3) is 0.538. The van der Waals surface area contributed by atoms with E-state index in [-0.39, 0.29) is 18.4 Å². The van der Waals surface area contributed by atoms with Crippen molar-refractivity contribution in [3.05, 3.63) is 33.8 Å². The summed E-state index contributed by atoms with van der Waals surface area (Å²) in [6.07, 6.45) is 3.46. The highest BCUT2D eigenvalue weighted by Crippen LogP contribution is 2.49. The zero-order chi connectivity index (χ0) is 11.1. The summed E-state index contributed by atoms with van der Waals surface area (Å²) in [6.45, 7) is 4.51. The van der Waals surface area contributed by atoms with E-state index in [1.54, 1.807) is 0 Å². The molecule has 0 aliphatic heterocycles. The number of hydrogen-bond donors (Lipinski definition) is 1. The Kier molecular flexibility index (Phi) is 4.44. The lowest BCUT2D eigenvalue weighted by Gasteiger charge is -2.31. The smallest absolute Gasteiger partial charge is 0.0357 e. The van der Waals surface area contributed by atoms with Crippen LogP contribution in [-0.2, 0) is 6.42 Å². The van der Waals surface area contributed by atoms with E-state index in [1.807, 2.05) is 0 Å². The molecule has 0 bridgehead atoms. The minimum absolute atomic E-state index is 0. The predicted octanol–water partition coefficient (Wildman–Crippen LogP) is 4.23. The van der Waals surface area contributed by atoms with Gasteiger partial charge < -0.3 is 5.73 Å². The summed E-state index contributed by atoms with van der Waals surface area (Å²) in [5.74, 6) is 0. The Morgan fingerprint density at radius 1 is 1.38 bits per heavy atom. The molecule has 1 atom stereocenters. The summed E-state index contributed by atoms with van der Waals surface area (Å²) in [5.41, 5.74) is 9.46. The van der Waals surface area contributed by atoms with Crippen molar-refractivity contribution in [2.24, 2.45) is 11.1 Å². The molecule has 1 aromatic rings. The molecule has 1 aliphatic carbocycles. The maximum atomic E-state index is 6.38. The third kappa shape index (κ3) is 2.03. The van der Waals surface area contributed by atoms with Gasteiger partial charge >= 0.3 is 0 Å². The fourth-order valence-corrected chi connectivity index (χ4v) is 3.20. The number of rotatable bonds is 2. The van der Waals surface area contributed by atoms with Gasteiger partial charge in [-0.3, -0.25) is 0 Å². The molecular formula is C13H19BrClN. The molecule has 2 rings (SSSR count). The molecule has 0 saturated carbocycles. The topological polar surface area (TPSA) is 26.0 Å². The van der Waals surface area contributed by atoms with Crippen LogP contribution in [0.1, 0.15) is 43.9 Å². The lowest BCUT2D eigenvalue weighted by atomic mass is 9.76. The Morgan fingerprint density at radius 2 is 2.00 bits per heavy atom. The molecule has 1 unspecified atom stereocenters. The number of nitrogens with two attached hydrogens (primary N) is 1. The number of benzene rings is 1. The standard InChI is InChI=1S/C13H18BrN.ClH/c1-3-13(4-2)8-9-7-10(14)5-6-11(9)12(13)15;/h5-7,12H,3-4,8,15H2,1-2H3;1H. The molecule has 0 aromatic heterocycles. The second-order valence-corrected chi connectivity index (χ2v) is 5.48. The summed E-state index contributed by atoms with van der Waals surface area (Å²) in [5, 5.41) is 0. The van der Waals surface area contributed by atoms with Crippen molar-refractivity contribution in [1.82, 2.24) is 0 Å². The van der Waals surface area contributed by atoms with Crippen molar-refractivity contribution < 1.29 is 0 Å². The van der Waals surface area contributed by atoms with E-state index in [4.69, 9.17) is 5.73 Å². The molecule has 90 valence electrons. The first-order valence-electron chi connectivity index (χ1n) is 5.67. The molecule has 1 nitrogen and oxygen atoms in total. The molecule has 16 heavy (non-hydrogen) atoms. The van der Waals surface area contributed by atoms with Crippen LogP contribution in [0.5, 0.6) is 0 Å². The lowest BCUT2D eigenvalue weighted by Crippen LogP contribution is -2.30. The van der Waals surface area contributed by atoms with Crippen LogP contribution in [-0.4, -0.2) is 0 Å². The van der Waals surface area contributed by atoms with Gasteiger partial charge in [-0.15, -0.1) is 12.4 Å². The zero-order valence-corrected chi connectivity index (χ0v) is 12.2. The number of hydrogen-bond acceptors (Lipinski definition) is 1. The van der Waals surface area contributed by atoms with Gasteiger partial charge in [0.2, 0.25) is 0 Å². The Labute approximate surface area is 112 Å². The highest BCUT2D eigenvalue weighted by molar-refractivity contribution is 9.10. The van der Waals surface area contributed by atoms with E-state index in [0.717, 1.165) is 23.7 Å². The lowest BCUT2D eigenvalue weighted by molar-refractivity contribution is 0.226. The van der Waals surface area contributed by atoms with Gasteiger partial charge in [-0.05, 0) is 47.9 Å². The van der Waals surface area contributed by atoms with Gasteiger partial charge in [0.1, 0.15) is 0 Å². The van der Waals surface area contributed by atoms with E-state index in [2.05, 4.69) is 48.0 Å². The first-order chi connectivity index (χ1) is 7.13. The summed E-state index contributed by atoms with van der Waals surface area (Å²) in [7, 11) is 0. The average Bonchev–Trinajstić information content (AvgIpc) is 2.52. The molecule has 0 saturated heterocycles. The van der Waals surface area contributed by atoms with Crippen molar-refractivity contribution in [1.29, 1.82) is 0 Å². The first kappa shape index (κ1) is 14.0. The third-order valence-electron chi connectivity index (χ3n) is 4.05. The largest absolute Gasteiger partial charge is 0.323 e. The number of fused-ring (bicyclic) bond motifs is 1. The molecule has 2 N–H and O–H groups in total. The predicted molar refractivity (Wildman–Crippen MR) is 75.0 cm³/mol. The molecule has 0 heterocycles. The highest BCUT2D eigenvalue weighted by Gasteiger charge is 2.41. The van der Waals surface area contributed by atoms with E-state index in [1.165, 1.54) is 11.1 Å². The maximum Gasteiger partial charge on any atom is 0.0357 e. The molecule has 0 radical (unpaired) electrons. The van der Waals surface area contributed by atoms with E-state index in [9.17, 15) is 0 Å². The average molecular weight is 305 g/mol.